The summed E-state index contributed by atoms with van der Waals surface area (Å²) in [5.41, 5.74) is 0. The molecule has 3 rings (SSSR count). The highest BCUT2D eigenvalue weighted by Gasteiger charge is 2.27. The van der Waals surface area contributed by atoms with E-state index in [1.165, 1.54) is 10.6 Å². The maximum absolute atomic E-state index is 5.85. The first-order chi connectivity index (χ1) is 10.4. The SMILES string of the molecule is CCC1CN(P(c2ccccc2)c2ccccc2)CCO1. The highest BCUT2D eigenvalue weighted by atomic mass is 31.1. The number of hydrogen-bond donors (Lipinski definition) is 0. The van der Waals surface area contributed by atoms with Crippen molar-refractivity contribution in [1.29, 1.82) is 0 Å². The Hall–Kier alpha value is -1.21. The number of rotatable bonds is 4. The molecule has 0 bridgehead atoms. The van der Waals surface area contributed by atoms with Crippen LogP contribution in [0.5, 0.6) is 0 Å². The second-order valence-corrected chi connectivity index (χ2v) is 7.52. The summed E-state index contributed by atoms with van der Waals surface area (Å²) in [5, 5.41) is 2.85. The van der Waals surface area contributed by atoms with Gasteiger partial charge in [0.15, 0.2) is 0 Å². The van der Waals surface area contributed by atoms with E-state index in [0.29, 0.717) is 6.10 Å². The van der Waals surface area contributed by atoms with Gasteiger partial charge in [0.05, 0.1) is 12.7 Å². The quantitative estimate of drug-likeness (QED) is 0.804. The van der Waals surface area contributed by atoms with E-state index in [1.807, 2.05) is 0 Å². The lowest BCUT2D eigenvalue weighted by Crippen LogP contribution is -2.42. The van der Waals surface area contributed by atoms with Crippen molar-refractivity contribution in [3.63, 3.8) is 0 Å². The molecule has 1 aliphatic heterocycles. The van der Waals surface area contributed by atoms with Gasteiger partial charge in [-0.3, -0.25) is 4.67 Å². The molecule has 2 aromatic rings. The fourth-order valence-electron chi connectivity index (χ4n) is 2.75. The third-order valence-corrected chi connectivity index (χ3v) is 6.36. The van der Waals surface area contributed by atoms with Crippen molar-refractivity contribution in [3.05, 3.63) is 60.7 Å². The first-order valence-corrected chi connectivity index (χ1v) is 8.94. The molecule has 0 saturated carbocycles. The Morgan fingerprint density at radius 1 is 1.00 bits per heavy atom. The normalized spacial score (nSPS) is 19.8. The molecule has 0 amide bonds. The van der Waals surface area contributed by atoms with Crippen LogP contribution in [-0.4, -0.2) is 30.5 Å². The van der Waals surface area contributed by atoms with Crippen molar-refractivity contribution in [1.82, 2.24) is 4.67 Å². The molecule has 1 unspecified atom stereocenters. The second-order valence-electron chi connectivity index (χ2n) is 5.30. The Morgan fingerprint density at radius 2 is 1.57 bits per heavy atom. The maximum Gasteiger partial charge on any atom is 0.0703 e. The van der Waals surface area contributed by atoms with Gasteiger partial charge in [0.1, 0.15) is 0 Å². The van der Waals surface area contributed by atoms with Crippen molar-refractivity contribution in [2.24, 2.45) is 0 Å². The van der Waals surface area contributed by atoms with Crippen LogP contribution in [0.4, 0.5) is 0 Å². The van der Waals surface area contributed by atoms with Crippen molar-refractivity contribution < 1.29 is 4.74 Å². The van der Waals surface area contributed by atoms with Crippen LogP contribution in [0.1, 0.15) is 13.3 Å². The zero-order chi connectivity index (χ0) is 14.5. The second kappa shape index (κ2) is 7.17. The van der Waals surface area contributed by atoms with E-state index in [-0.39, 0.29) is 0 Å². The van der Waals surface area contributed by atoms with Gasteiger partial charge in [0.25, 0.3) is 0 Å². The minimum atomic E-state index is -0.448. The molecule has 21 heavy (non-hydrogen) atoms. The largest absolute Gasteiger partial charge is 0.376 e. The molecule has 1 aliphatic rings. The molecular weight excluding hydrogens is 277 g/mol. The minimum Gasteiger partial charge on any atom is -0.376 e. The average Bonchev–Trinajstić information content (AvgIpc) is 2.57. The zero-order valence-electron chi connectivity index (χ0n) is 12.5. The molecule has 110 valence electrons. The van der Waals surface area contributed by atoms with Gasteiger partial charge in [-0.1, -0.05) is 67.6 Å². The summed E-state index contributed by atoms with van der Waals surface area (Å²) in [6, 6.07) is 21.8. The summed E-state index contributed by atoms with van der Waals surface area (Å²) in [7, 11) is -0.448. The Labute approximate surface area is 128 Å². The molecule has 0 aromatic heterocycles. The summed E-state index contributed by atoms with van der Waals surface area (Å²) in [6.07, 6.45) is 1.46. The predicted octanol–water partition coefficient (Wildman–Crippen LogP) is 3.15. The molecule has 0 radical (unpaired) electrons. The monoisotopic (exact) mass is 299 g/mol. The van der Waals surface area contributed by atoms with Gasteiger partial charge in [-0.15, -0.1) is 0 Å². The Morgan fingerprint density at radius 3 is 2.10 bits per heavy atom. The third kappa shape index (κ3) is 3.52. The van der Waals surface area contributed by atoms with Crippen molar-refractivity contribution in [2.75, 3.05) is 19.7 Å². The fraction of sp³-hybridized carbons (Fsp3) is 0.333. The lowest BCUT2D eigenvalue weighted by atomic mass is 10.2. The highest BCUT2D eigenvalue weighted by Crippen LogP contribution is 2.39. The molecular formula is C18H22NOP. The van der Waals surface area contributed by atoms with Gasteiger partial charge in [0.2, 0.25) is 0 Å². The van der Waals surface area contributed by atoms with E-state index in [1.54, 1.807) is 0 Å². The Kier molecular flexibility index (Phi) is 5.03. The van der Waals surface area contributed by atoms with Crippen LogP contribution in [0.15, 0.2) is 60.7 Å². The van der Waals surface area contributed by atoms with E-state index in [4.69, 9.17) is 4.74 Å². The van der Waals surface area contributed by atoms with Crippen LogP contribution in [0.25, 0.3) is 0 Å². The van der Waals surface area contributed by atoms with Crippen LogP contribution >= 0.6 is 8.07 Å². The molecule has 0 spiro atoms. The van der Waals surface area contributed by atoms with E-state index >= 15 is 0 Å². The fourth-order valence-corrected chi connectivity index (χ4v) is 5.23. The smallest absolute Gasteiger partial charge is 0.0703 e. The molecule has 2 nitrogen and oxygen atoms in total. The molecule has 3 heteroatoms. The van der Waals surface area contributed by atoms with Crippen molar-refractivity contribution in [2.45, 2.75) is 19.4 Å². The van der Waals surface area contributed by atoms with Crippen LogP contribution in [0.2, 0.25) is 0 Å². The van der Waals surface area contributed by atoms with Gasteiger partial charge < -0.3 is 4.74 Å². The van der Waals surface area contributed by atoms with Gasteiger partial charge in [-0.25, -0.2) is 0 Å². The topological polar surface area (TPSA) is 12.5 Å². The number of morpholine rings is 1. The summed E-state index contributed by atoms with van der Waals surface area (Å²) in [4.78, 5) is 0. The minimum absolute atomic E-state index is 0.371. The molecule has 1 fully saturated rings. The standard InChI is InChI=1S/C18H22NOP/c1-2-16-15-19(13-14-20-16)21(17-9-5-3-6-10-17)18-11-7-4-8-12-18/h3-12,16H,2,13-15H2,1H3. The first kappa shape index (κ1) is 14.7. The number of hydrogen-bond acceptors (Lipinski definition) is 2. The molecule has 1 heterocycles. The highest BCUT2D eigenvalue weighted by molar-refractivity contribution is 7.70. The molecule has 1 atom stereocenters. The van der Waals surface area contributed by atoms with E-state index in [2.05, 4.69) is 72.3 Å². The summed E-state index contributed by atoms with van der Waals surface area (Å²) in [6.45, 7) is 5.11. The van der Waals surface area contributed by atoms with E-state index < -0.39 is 8.07 Å². The van der Waals surface area contributed by atoms with Gasteiger partial charge in [-0.2, -0.15) is 0 Å². The van der Waals surface area contributed by atoms with Crippen molar-refractivity contribution >= 4 is 18.7 Å². The number of ether oxygens (including phenoxy) is 1. The van der Waals surface area contributed by atoms with Gasteiger partial charge >= 0.3 is 0 Å². The zero-order valence-corrected chi connectivity index (χ0v) is 13.4. The third-order valence-electron chi connectivity index (χ3n) is 3.86. The first-order valence-electron chi connectivity index (χ1n) is 7.65. The van der Waals surface area contributed by atoms with Crippen LogP contribution in [0, 0.1) is 0 Å². The summed E-state index contributed by atoms with van der Waals surface area (Å²) >= 11 is 0. The van der Waals surface area contributed by atoms with Crippen molar-refractivity contribution in [3.8, 4) is 0 Å². The molecule has 2 aromatic carbocycles. The summed E-state index contributed by atoms with van der Waals surface area (Å²) < 4.78 is 8.47. The van der Waals surface area contributed by atoms with Crippen LogP contribution in [0.3, 0.4) is 0 Å². The number of nitrogens with zero attached hydrogens (tertiary/aromatic N) is 1. The lowest BCUT2D eigenvalue weighted by Gasteiger charge is -2.38. The van der Waals surface area contributed by atoms with Crippen LogP contribution in [-0.2, 0) is 4.74 Å². The van der Waals surface area contributed by atoms with Gasteiger partial charge in [0, 0.05) is 21.2 Å². The Balaban J connectivity index is 1.93. The summed E-state index contributed by atoms with van der Waals surface area (Å²) in [5.74, 6) is 0. The predicted molar refractivity (Wildman–Crippen MR) is 90.7 cm³/mol. The molecule has 0 aliphatic carbocycles. The molecule has 1 saturated heterocycles. The van der Waals surface area contributed by atoms with E-state index in [0.717, 1.165) is 26.1 Å². The Bertz CT molecular complexity index is 506. The average molecular weight is 299 g/mol. The lowest BCUT2D eigenvalue weighted by molar-refractivity contribution is -0.00109. The van der Waals surface area contributed by atoms with E-state index in [9.17, 15) is 0 Å². The molecule has 0 N–H and O–H groups in total. The maximum atomic E-state index is 5.85. The number of benzene rings is 2. The van der Waals surface area contributed by atoms with Crippen LogP contribution < -0.4 is 10.6 Å². The van der Waals surface area contributed by atoms with Gasteiger partial charge in [-0.05, 0) is 17.0 Å².